The van der Waals surface area contributed by atoms with E-state index in [0.717, 1.165) is 5.56 Å². The van der Waals surface area contributed by atoms with E-state index in [4.69, 9.17) is 4.42 Å². The van der Waals surface area contributed by atoms with Crippen molar-refractivity contribution in [3.63, 3.8) is 0 Å². The third kappa shape index (κ3) is 5.06. The second kappa shape index (κ2) is 8.96. The van der Waals surface area contributed by atoms with Gasteiger partial charge in [0.1, 0.15) is 11.0 Å². The molecule has 2 aromatic carbocycles. The Labute approximate surface area is 170 Å². The molecule has 1 atom stereocenters. The smallest absolute Gasteiger partial charge is 0.319 e. The molecule has 0 unspecified atom stereocenters. The quantitative estimate of drug-likeness (QED) is 0.587. The summed E-state index contributed by atoms with van der Waals surface area (Å²) in [7, 11) is -3.77. The molecule has 7 heteroatoms. The molecule has 0 aliphatic carbocycles. The fourth-order valence-electron chi connectivity index (χ4n) is 2.93. The van der Waals surface area contributed by atoms with Gasteiger partial charge in [-0.1, -0.05) is 44.2 Å². The highest BCUT2D eigenvalue weighted by molar-refractivity contribution is 7.91. The molecule has 2 N–H and O–H groups in total. The summed E-state index contributed by atoms with van der Waals surface area (Å²) in [4.78, 5) is 12.4. The molecule has 1 aromatic heterocycles. The molecule has 2 amide bonds. The summed E-state index contributed by atoms with van der Waals surface area (Å²) in [6.07, 6.45) is 1.42. The highest BCUT2D eigenvalue weighted by atomic mass is 32.2. The van der Waals surface area contributed by atoms with Crippen LogP contribution in [0.25, 0.3) is 0 Å². The standard InChI is InChI=1S/C22H24N2O4S/c1-16(2)17-10-12-19(13-11-17)29(26,27)21(20-9-6-14-28-20)15-23-22(25)24-18-7-4-3-5-8-18/h3-14,16,21H,15H2,1-2H3,(H2,23,24,25)/t21-/m0/s1. The van der Waals surface area contributed by atoms with E-state index in [1.54, 1.807) is 48.5 Å². The van der Waals surface area contributed by atoms with Gasteiger partial charge in [0.25, 0.3) is 0 Å². The molecule has 6 nitrogen and oxygen atoms in total. The Morgan fingerprint density at radius 1 is 0.966 bits per heavy atom. The highest BCUT2D eigenvalue weighted by Gasteiger charge is 2.32. The Kier molecular flexibility index (Phi) is 6.39. The Hall–Kier alpha value is -3.06. The molecule has 0 spiro atoms. The number of furan rings is 1. The van der Waals surface area contributed by atoms with Crippen LogP contribution < -0.4 is 10.6 Å². The first-order valence-electron chi connectivity index (χ1n) is 9.35. The summed E-state index contributed by atoms with van der Waals surface area (Å²) in [5.41, 5.74) is 1.67. The predicted molar refractivity (Wildman–Crippen MR) is 113 cm³/mol. The van der Waals surface area contributed by atoms with Crippen molar-refractivity contribution in [2.24, 2.45) is 0 Å². The van der Waals surface area contributed by atoms with Crippen molar-refractivity contribution < 1.29 is 17.6 Å². The average Bonchev–Trinajstić information content (AvgIpc) is 3.23. The number of sulfone groups is 1. The first-order valence-corrected chi connectivity index (χ1v) is 10.9. The number of hydrogen-bond acceptors (Lipinski definition) is 4. The molecule has 0 aliphatic heterocycles. The lowest BCUT2D eigenvalue weighted by molar-refractivity contribution is 0.252. The minimum absolute atomic E-state index is 0.125. The Morgan fingerprint density at radius 3 is 2.24 bits per heavy atom. The molecule has 152 valence electrons. The van der Waals surface area contributed by atoms with Crippen LogP contribution in [0.4, 0.5) is 10.5 Å². The van der Waals surface area contributed by atoms with E-state index in [1.165, 1.54) is 6.26 Å². The number of carbonyl (C=O) groups is 1. The van der Waals surface area contributed by atoms with Crippen LogP contribution in [-0.2, 0) is 9.84 Å². The number of urea groups is 1. The van der Waals surface area contributed by atoms with Crippen molar-refractivity contribution in [2.75, 3.05) is 11.9 Å². The molecule has 0 fully saturated rings. The number of hydrogen-bond donors (Lipinski definition) is 2. The van der Waals surface area contributed by atoms with Crippen molar-refractivity contribution in [1.82, 2.24) is 5.32 Å². The van der Waals surface area contributed by atoms with E-state index in [2.05, 4.69) is 10.6 Å². The van der Waals surface area contributed by atoms with Gasteiger partial charge in [0, 0.05) is 12.2 Å². The van der Waals surface area contributed by atoms with E-state index in [-0.39, 0.29) is 17.2 Å². The fraction of sp³-hybridized carbons (Fsp3) is 0.227. The summed E-state index contributed by atoms with van der Waals surface area (Å²) in [5.74, 6) is 0.578. The number of benzene rings is 2. The Balaban J connectivity index is 1.79. The summed E-state index contributed by atoms with van der Waals surface area (Å²) < 4.78 is 31.9. The van der Waals surface area contributed by atoms with Gasteiger partial charge in [0.15, 0.2) is 9.84 Å². The second-order valence-electron chi connectivity index (χ2n) is 6.97. The Bertz CT molecular complexity index is 1030. The van der Waals surface area contributed by atoms with Gasteiger partial charge in [-0.15, -0.1) is 0 Å². The van der Waals surface area contributed by atoms with Crippen molar-refractivity contribution in [1.29, 1.82) is 0 Å². The minimum Gasteiger partial charge on any atom is -0.468 e. The van der Waals surface area contributed by atoms with Crippen LogP contribution in [0, 0.1) is 0 Å². The number of anilines is 1. The molecular formula is C22H24N2O4S. The lowest BCUT2D eigenvalue weighted by Gasteiger charge is -2.17. The maximum atomic E-state index is 13.3. The molecule has 0 aliphatic rings. The van der Waals surface area contributed by atoms with Gasteiger partial charge in [0.05, 0.1) is 11.2 Å². The van der Waals surface area contributed by atoms with E-state index in [1.807, 2.05) is 32.0 Å². The minimum atomic E-state index is -3.77. The second-order valence-corrected chi connectivity index (χ2v) is 9.10. The van der Waals surface area contributed by atoms with E-state index in [9.17, 15) is 13.2 Å². The van der Waals surface area contributed by atoms with Gasteiger partial charge in [-0.3, -0.25) is 0 Å². The molecule has 1 heterocycles. The van der Waals surface area contributed by atoms with Crippen LogP contribution in [0.5, 0.6) is 0 Å². The van der Waals surface area contributed by atoms with Crippen LogP contribution in [0.15, 0.2) is 82.3 Å². The number of rotatable bonds is 7. The zero-order valence-corrected chi connectivity index (χ0v) is 17.1. The van der Waals surface area contributed by atoms with Crippen LogP contribution >= 0.6 is 0 Å². The maximum absolute atomic E-state index is 13.3. The fourth-order valence-corrected chi connectivity index (χ4v) is 4.51. The van der Waals surface area contributed by atoms with Crippen molar-refractivity contribution >= 4 is 21.6 Å². The molecule has 3 aromatic rings. The molecule has 3 rings (SSSR count). The van der Waals surface area contributed by atoms with Crippen molar-refractivity contribution in [3.8, 4) is 0 Å². The molecule has 0 radical (unpaired) electrons. The molecule has 29 heavy (non-hydrogen) atoms. The van der Waals surface area contributed by atoms with E-state index in [0.29, 0.717) is 11.6 Å². The maximum Gasteiger partial charge on any atom is 0.319 e. The van der Waals surface area contributed by atoms with Gasteiger partial charge in [-0.25, -0.2) is 13.2 Å². The van der Waals surface area contributed by atoms with Crippen LogP contribution in [0.1, 0.15) is 36.3 Å². The number of carbonyl (C=O) groups excluding carboxylic acids is 1. The zero-order chi connectivity index (χ0) is 20.9. The SMILES string of the molecule is CC(C)c1ccc(S(=O)(=O)[C@@H](CNC(=O)Nc2ccccc2)c2ccco2)cc1. The number of nitrogens with one attached hydrogen (secondary N) is 2. The molecule has 0 saturated heterocycles. The summed E-state index contributed by atoms with van der Waals surface area (Å²) in [5, 5.41) is 4.28. The highest BCUT2D eigenvalue weighted by Crippen LogP contribution is 2.30. The zero-order valence-electron chi connectivity index (χ0n) is 16.3. The molecule has 0 bridgehead atoms. The predicted octanol–water partition coefficient (Wildman–Crippen LogP) is 4.74. The van der Waals surface area contributed by atoms with Crippen molar-refractivity contribution in [3.05, 3.63) is 84.3 Å². The van der Waals surface area contributed by atoms with Gasteiger partial charge in [-0.05, 0) is 47.9 Å². The molecular weight excluding hydrogens is 388 g/mol. The average molecular weight is 413 g/mol. The normalized spacial score (nSPS) is 12.5. The van der Waals surface area contributed by atoms with Crippen LogP contribution in [0.2, 0.25) is 0 Å². The van der Waals surface area contributed by atoms with Crippen LogP contribution in [-0.4, -0.2) is 21.0 Å². The Morgan fingerprint density at radius 2 is 1.66 bits per heavy atom. The lowest BCUT2D eigenvalue weighted by atomic mass is 10.0. The van der Waals surface area contributed by atoms with Crippen molar-refractivity contribution in [2.45, 2.75) is 29.9 Å². The van der Waals surface area contributed by atoms with E-state index >= 15 is 0 Å². The summed E-state index contributed by atoms with van der Waals surface area (Å²) in [6.45, 7) is 3.97. The number of amides is 2. The summed E-state index contributed by atoms with van der Waals surface area (Å²) >= 11 is 0. The third-order valence-electron chi connectivity index (χ3n) is 4.59. The van der Waals surface area contributed by atoms with Gasteiger partial charge < -0.3 is 15.1 Å². The number of para-hydroxylation sites is 1. The monoisotopic (exact) mass is 412 g/mol. The first kappa shape index (κ1) is 20.7. The molecule has 0 saturated carbocycles. The van der Waals surface area contributed by atoms with Gasteiger partial charge in [-0.2, -0.15) is 0 Å². The topological polar surface area (TPSA) is 88.4 Å². The van der Waals surface area contributed by atoms with Crippen LogP contribution in [0.3, 0.4) is 0 Å². The lowest BCUT2D eigenvalue weighted by Crippen LogP contribution is -2.34. The summed E-state index contributed by atoms with van der Waals surface area (Å²) in [6, 6.07) is 18.5. The first-order chi connectivity index (χ1) is 13.9. The largest absolute Gasteiger partial charge is 0.468 e. The van der Waals surface area contributed by atoms with E-state index < -0.39 is 21.1 Å². The third-order valence-corrected chi connectivity index (χ3v) is 6.67. The van der Waals surface area contributed by atoms with Gasteiger partial charge in [0.2, 0.25) is 0 Å². The van der Waals surface area contributed by atoms with Gasteiger partial charge >= 0.3 is 6.03 Å².